The summed E-state index contributed by atoms with van der Waals surface area (Å²) in [6, 6.07) is 5.28. The molecule has 0 radical (unpaired) electrons. The SMILES string of the molecule is Cc1nnc(N[C@H](N)c2cccc(C(F)(F)F)c2F)c2cc(N3CC[C@H](N(C)C)C3)ncc12. The minimum atomic E-state index is -4.82. The van der Waals surface area contributed by atoms with Gasteiger partial charge < -0.3 is 20.9 Å². The Balaban J connectivity index is 1.68. The molecule has 7 nitrogen and oxygen atoms in total. The summed E-state index contributed by atoms with van der Waals surface area (Å²) in [5.41, 5.74) is 5.02. The number of fused-ring (bicyclic) bond motifs is 1. The van der Waals surface area contributed by atoms with Gasteiger partial charge in [0.25, 0.3) is 0 Å². The summed E-state index contributed by atoms with van der Waals surface area (Å²) in [5.74, 6) is -0.420. The maximum atomic E-state index is 14.6. The number of alkyl halides is 3. The lowest BCUT2D eigenvalue weighted by Gasteiger charge is -2.22. The molecule has 1 saturated heterocycles. The van der Waals surface area contributed by atoms with Crippen molar-refractivity contribution in [2.75, 3.05) is 37.4 Å². The Labute approximate surface area is 188 Å². The van der Waals surface area contributed by atoms with Crippen molar-refractivity contribution < 1.29 is 17.6 Å². The summed E-state index contributed by atoms with van der Waals surface area (Å²) < 4.78 is 53.9. The van der Waals surface area contributed by atoms with Gasteiger partial charge in [-0.1, -0.05) is 12.1 Å². The third kappa shape index (κ3) is 4.55. The maximum Gasteiger partial charge on any atom is 0.419 e. The van der Waals surface area contributed by atoms with Crippen LogP contribution >= 0.6 is 0 Å². The van der Waals surface area contributed by atoms with Crippen molar-refractivity contribution in [1.82, 2.24) is 20.1 Å². The number of nitrogens with one attached hydrogen (secondary N) is 1. The number of nitrogens with zero attached hydrogens (tertiary/aromatic N) is 5. The number of likely N-dealkylation sites (N-methyl/N-ethyl adjacent to an activating group) is 1. The minimum absolute atomic E-state index is 0.243. The van der Waals surface area contributed by atoms with E-state index in [0.717, 1.165) is 36.8 Å². The fourth-order valence-electron chi connectivity index (χ4n) is 4.05. The molecule has 33 heavy (non-hydrogen) atoms. The molecular formula is C22H25F4N7. The Morgan fingerprint density at radius 3 is 2.64 bits per heavy atom. The number of pyridine rings is 1. The standard InChI is InChI=1S/C22H25F4N7/c1-12-16-10-28-18(33-8-7-13(11-33)32(2)3)9-15(16)21(31-30-12)29-20(27)14-5-4-6-17(19(14)23)22(24,25)26/h4-6,9-10,13,20H,7-8,11,27H2,1-3H3,(H,29,31)/t13-,20-/m0/s1. The average molecular weight is 463 g/mol. The molecule has 1 fully saturated rings. The van der Waals surface area contributed by atoms with Gasteiger partial charge in [0.15, 0.2) is 5.82 Å². The fourth-order valence-corrected chi connectivity index (χ4v) is 4.05. The van der Waals surface area contributed by atoms with E-state index < -0.39 is 23.7 Å². The van der Waals surface area contributed by atoms with Gasteiger partial charge in [0.2, 0.25) is 0 Å². The van der Waals surface area contributed by atoms with Crippen LogP contribution in [0.1, 0.15) is 29.4 Å². The van der Waals surface area contributed by atoms with Crippen molar-refractivity contribution in [3.05, 3.63) is 53.1 Å². The zero-order valence-electron chi connectivity index (χ0n) is 18.5. The van der Waals surface area contributed by atoms with Crippen molar-refractivity contribution in [3.8, 4) is 0 Å². The molecule has 0 spiro atoms. The number of hydrogen-bond acceptors (Lipinski definition) is 7. The lowest BCUT2D eigenvalue weighted by molar-refractivity contribution is -0.140. The number of benzene rings is 1. The zero-order valence-corrected chi connectivity index (χ0v) is 18.5. The molecule has 3 heterocycles. The molecule has 2 atom stereocenters. The monoisotopic (exact) mass is 463 g/mol. The molecule has 0 aliphatic carbocycles. The van der Waals surface area contributed by atoms with Gasteiger partial charge in [0, 0.05) is 41.7 Å². The second-order valence-electron chi connectivity index (χ2n) is 8.40. The molecule has 1 aliphatic heterocycles. The van der Waals surface area contributed by atoms with Gasteiger partial charge in [-0.3, -0.25) is 0 Å². The normalized spacial score (nSPS) is 17.7. The van der Waals surface area contributed by atoms with Crippen LogP contribution in [-0.2, 0) is 6.18 Å². The highest BCUT2D eigenvalue weighted by molar-refractivity contribution is 5.94. The first-order chi connectivity index (χ1) is 15.6. The minimum Gasteiger partial charge on any atom is -0.355 e. The second-order valence-corrected chi connectivity index (χ2v) is 8.40. The molecule has 2 aromatic heterocycles. The van der Waals surface area contributed by atoms with Gasteiger partial charge in [-0.15, -0.1) is 5.10 Å². The first-order valence-electron chi connectivity index (χ1n) is 10.5. The quantitative estimate of drug-likeness (QED) is 0.441. The number of aryl methyl sites for hydroxylation is 1. The highest BCUT2D eigenvalue weighted by atomic mass is 19.4. The number of halogens is 4. The van der Waals surface area contributed by atoms with E-state index in [1.54, 1.807) is 13.1 Å². The Kier molecular flexibility index (Phi) is 6.10. The van der Waals surface area contributed by atoms with Crippen molar-refractivity contribution in [2.24, 2.45) is 5.73 Å². The molecule has 176 valence electrons. The summed E-state index contributed by atoms with van der Waals surface area (Å²) in [6.07, 6.45) is -3.39. The van der Waals surface area contributed by atoms with Crippen LogP contribution in [0.25, 0.3) is 10.8 Å². The van der Waals surface area contributed by atoms with E-state index in [-0.39, 0.29) is 11.4 Å². The summed E-state index contributed by atoms with van der Waals surface area (Å²) in [5, 5.41) is 12.4. The maximum absolute atomic E-state index is 14.6. The van der Waals surface area contributed by atoms with Crippen LogP contribution in [0.4, 0.5) is 29.2 Å². The van der Waals surface area contributed by atoms with Crippen LogP contribution < -0.4 is 16.0 Å². The van der Waals surface area contributed by atoms with E-state index in [9.17, 15) is 17.6 Å². The number of anilines is 2. The number of nitrogens with two attached hydrogens (primary N) is 1. The third-order valence-corrected chi connectivity index (χ3v) is 6.01. The topological polar surface area (TPSA) is 83.2 Å². The Hall–Kier alpha value is -3.05. The van der Waals surface area contributed by atoms with E-state index in [2.05, 4.69) is 30.3 Å². The lowest BCUT2D eigenvalue weighted by atomic mass is 10.1. The smallest absolute Gasteiger partial charge is 0.355 e. The summed E-state index contributed by atoms with van der Waals surface area (Å²) >= 11 is 0. The van der Waals surface area contributed by atoms with E-state index in [0.29, 0.717) is 23.2 Å². The molecule has 0 bridgehead atoms. The van der Waals surface area contributed by atoms with Crippen LogP contribution in [0.2, 0.25) is 0 Å². The van der Waals surface area contributed by atoms with Gasteiger partial charge in [0.05, 0.1) is 11.3 Å². The molecule has 1 aliphatic rings. The largest absolute Gasteiger partial charge is 0.419 e. The van der Waals surface area contributed by atoms with Gasteiger partial charge in [0.1, 0.15) is 17.8 Å². The predicted octanol–water partition coefficient (Wildman–Crippen LogP) is 3.70. The third-order valence-electron chi connectivity index (χ3n) is 6.01. The van der Waals surface area contributed by atoms with Gasteiger partial charge in [-0.25, -0.2) is 9.37 Å². The molecule has 0 amide bonds. The number of hydrogen-bond donors (Lipinski definition) is 2. The second kappa shape index (κ2) is 8.71. The lowest BCUT2D eigenvalue weighted by Crippen LogP contribution is -2.31. The highest BCUT2D eigenvalue weighted by Gasteiger charge is 2.35. The van der Waals surface area contributed by atoms with Crippen molar-refractivity contribution in [3.63, 3.8) is 0 Å². The number of aromatic nitrogens is 3. The van der Waals surface area contributed by atoms with E-state index in [1.165, 1.54) is 6.07 Å². The van der Waals surface area contributed by atoms with Crippen molar-refractivity contribution in [1.29, 1.82) is 0 Å². The Morgan fingerprint density at radius 1 is 1.21 bits per heavy atom. The molecule has 11 heteroatoms. The molecule has 3 aromatic rings. The zero-order chi connectivity index (χ0) is 23.9. The van der Waals surface area contributed by atoms with Gasteiger partial charge >= 0.3 is 6.18 Å². The van der Waals surface area contributed by atoms with Crippen molar-refractivity contribution in [2.45, 2.75) is 31.7 Å². The molecular weight excluding hydrogens is 438 g/mol. The van der Waals surface area contributed by atoms with Crippen LogP contribution in [0.5, 0.6) is 0 Å². The summed E-state index contributed by atoms with van der Waals surface area (Å²) in [4.78, 5) is 8.91. The first-order valence-corrected chi connectivity index (χ1v) is 10.5. The molecule has 0 unspecified atom stereocenters. The van der Waals surface area contributed by atoms with E-state index >= 15 is 0 Å². The Bertz CT molecular complexity index is 1170. The summed E-state index contributed by atoms with van der Waals surface area (Å²) in [7, 11) is 4.08. The molecule has 0 saturated carbocycles. The van der Waals surface area contributed by atoms with Gasteiger partial charge in [-0.05, 0) is 39.6 Å². The number of rotatable bonds is 5. The Morgan fingerprint density at radius 2 is 1.97 bits per heavy atom. The van der Waals surface area contributed by atoms with Crippen LogP contribution in [0, 0.1) is 12.7 Å². The predicted molar refractivity (Wildman–Crippen MR) is 118 cm³/mol. The highest BCUT2D eigenvalue weighted by Crippen LogP contribution is 2.34. The van der Waals surface area contributed by atoms with Gasteiger partial charge in [-0.2, -0.15) is 18.3 Å². The van der Waals surface area contributed by atoms with Crippen molar-refractivity contribution >= 4 is 22.4 Å². The fraction of sp³-hybridized carbons (Fsp3) is 0.409. The molecule has 4 rings (SSSR count). The first kappa shape index (κ1) is 23.1. The van der Waals surface area contributed by atoms with E-state index in [4.69, 9.17) is 5.73 Å². The van der Waals surface area contributed by atoms with Crippen LogP contribution in [0.15, 0.2) is 30.5 Å². The van der Waals surface area contributed by atoms with Crippen LogP contribution in [0.3, 0.4) is 0 Å². The van der Waals surface area contributed by atoms with Crippen LogP contribution in [-0.4, -0.2) is 53.3 Å². The molecule has 3 N–H and O–H groups in total. The molecule has 1 aromatic carbocycles. The average Bonchev–Trinajstić information content (AvgIpc) is 3.25. The summed E-state index contributed by atoms with van der Waals surface area (Å²) in [6.45, 7) is 3.45. The van der Waals surface area contributed by atoms with E-state index in [1.807, 2.05) is 20.2 Å².